The topological polar surface area (TPSA) is 108 Å². The summed E-state index contributed by atoms with van der Waals surface area (Å²) in [5.74, 6) is -0.822. The number of ether oxygens (including phenoxy) is 1. The molecule has 0 fully saturated rings. The lowest BCUT2D eigenvalue weighted by Crippen LogP contribution is -2.53. The number of aliphatic hydroxyl groups excluding tert-OH is 1. The average molecular weight is 450 g/mol. The Morgan fingerprint density at radius 1 is 1.16 bits per heavy atom. The van der Waals surface area contributed by atoms with Crippen molar-refractivity contribution in [3.63, 3.8) is 0 Å². The van der Waals surface area contributed by atoms with Gasteiger partial charge in [-0.2, -0.15) is 0 Å². The van der Waals surface area contributed by atoms with Gasteiger partial charge in [0.1, 0.15) is 17.7 Å². The molecule has 0 radical (unpaired) electrons. The fourth-order valence-electron chi connectivity index (χ4n) is 3.41. The van der Waals surface area contributed by atoms with Crippen molar-refractivity contribution in [1.29, 1.82) is 0 Å². The van der Waals surface area contributed by atoms with Gasteiger partial charge < -0.3 is 25.4 Å². The van der Waals surface area contributed by atoms with Crippen molar-refractivity contribution in [2.45, 2.75) is 85.0 Å². The van der Waals surface area contributed by atoms with E-state index in [2.05, 4.69) is 10.6 Å². The van der Waals surface area contributed by atoms with Gasteiger partial charge in [0, 0.05) is 12.6 Å². The van der Waals surface area contributed by atoms with E-state index in [1.54, 1.807) is 26.8 Å². The monoisotopic (exact) mass is 449 g/mol. The van der Waals surface area contributed by atoms with E-state index < -0.39 is 29.7 Å². The highest BCUT2D eigenvalue weighted by molar-refractivity contribution is 5.92. The number of aryl methyl sites for hydroxylation is 1. The third-order valence-electron chi connectivity index (χ3n) is 4.76. The molecule has 0 aromatic heterocycles. The molecule has 8 nitrogen and oxygen atoms in total. The zero-order chi connectivity index (χ0) is 24.5. The molecule has 0 aliphatic rings. The average Bonchev–Trinajstić information content (AvgIpc) is 2.65. The van der Waals surface area contributed by atoms with Gasteiger partial charge in [-0.25, -0.2) is 4.79 Å². The standard InChI is InChI=1S/C24H39N3O5/c1-8-10-17(3)25-21(29)20(19-12-9-11-16(2)15-19)27(13-14-28)22(30)18(4)26-23(31)32-24(5,6)7/h9,11-12,15,17-18,20,28H,8,10,13-14H2,1-7H3,(H,25,29)(H,26,31). The van der Waals surface area contributed by atoms with E-state index in [1.807, 2.05) is 39.0 Å². The number of alkyl carbamates (subject to hydrolysis) is 1. The number of aliphatic hydroxyl groups is 1. The summed E-state index contributed by atoms with van der Waals surface area (Å²) in [6, 6.07) is 5.39. The summed E-state index contributed by atoms with van der Waals surface area (Å²) in [5.41, 5.74) is 0.868. The first-order chi connectivity index (χ1) is 14.9. The highest BCUT2D eigenvalue weighted by atomic mass is 16.6. The van der Waals surface area contributed by atoms with Gasteiger partial charge in [0.2, 0.25) is 11.8 Å². The Morgan fingerprint density at radius 3 is 2.34 bits per heavy atom. The second kappa shape index (κ2) is 12.4. The number of carbonyl (C=O) groups excluding carboxylic acids is 3. The Morgan fingerprint density at radius 2 is 1.81 bits per heavy atom. The fraction of sp³-hybridized carbons (Fsp3) is 0.625. The second-order valence-corrected chi connectivity index (χ2v) is 9.14. The van der Waals surface area contributed by atoms with Crippen molar-refractivity contribution >= 4 is 17.9 Å². The van der Waals surface area contributed by atoms with Crippen molar-refractivity contribution < 1.29 is 24.2 Å². The predicted octanol–water partition coefficient (Wildman–Crippen LogP) is 3.08. The van der Waals surface area contributed by atoms with E-state index in [1.165, 1.54) is 11.8 Å². The molecule has 3 unspecified atom stereocenters. The molecule has 180 valence electrons. The van der Waals surface area contributed by atoms with Gasteiger partial charge in [0.15, 0.2) is 0 Å². The molecule has 0 saturated carbocycles. The zero-order valence-electron chi connectivity index (χ0n) is 20.4. The number of nitrogens with one attached hydrogen (secondary N) is 2. The Hall–Kier alpha value is -2.61. The van der Waals surface area contributed by atoms with Crippen molar-refractivity contribution in [3.8, 4) is 0 Å². The number of benzene rings is 1. The molecule has 0 aliphatic carbocycles. The summed E-state index contributed by atoms with van der Waals surface area (Å²) < 4.78 is 5.24. The zero-order valence-corrected chi connectivity index (χ0v) is 20.4. The molecule has 0 aliphatic heterocycles. The Kier molecular flexibility index (Phi) is 10.7. The van der Waals surface area contributed by atoms with Gasteiger partial charge in [-0.3, -0.25) is 9.59 Å². The number of amides is 3. The number of nitrogens with zero attached hydrogens (tertiary/aromatic N) is 1. The van der Waals surface area contributed by atoms with E-state index in [0.717, 1.165) is 18.4 Å². The van der Waals surface area contributed by atoms with E-state index >= 15 is 0 Å². The maximum atomic E-state index is 13.3. The minimum Gasteiger partial charge on any atom is -0.444 e. The molecule has 3 N–H and O–H groups in total. The summed E-state index contributed by atoms with van der Waals surface area (Å²) in [4.78, 5) is 40.1. The first-order valence-electron chi connectivity index (χ1n) is 11.2. The molecule has 1 rings (SSSR count). The predicted molar refractivity (Wildman–Crippen MR) is 124 cm³/mol. The number of hydrogen-bond donors (Lipinski definition) is 3. The van der Waals surface area contributed by atoms with Crippen LogP contribution in [0.2, 0.25) is 0 Å². The van der Waals surface area contributed by atoms with E-state index in [9.17, 15) is 19.5 Å². The van der Waals surface area contributed by atoms with Crippen LogP contribution in [0.3, 0.4) is 0 Å². The van der Waals surface area contributed by atoms with Gasteiger partial charge in [-0.05, 0) is 53.5 Å². The van der Waals surface area contributed by atoms with Crippen molar-refractivity contribution in [1.82, 2.24) is 15.5 Å². The molecule has 0 heterocycles. The van der Waals surface area contributed by atoms with Crippen LogP contribution in [-0.4, -0.2) is 58.8 Å². The number of rotatable bonds is 10. The summed E-state index contributed by atoms with van der Waals surface area (Å²) in [6.45, 7) is 12.2. The summed E-state index contributed by atoms with van der Waals surface area (Å²) >= 11 is 0. The number of hydrogen-bond acceptors (Lipinski definition) is 5. The molecule has 0 bridgehead atoms. The van der Waals surface area contributed by atoms with Crippen LogP contribution in [0.4, 0.5) is 4.79 Å². The SMILES string of the molecule is CCCC(C)NC(=O)C(c1cccc(C)c1)N(CCO)C(=O)C(C)NC(=O)OC(C)(C)C. The molecule has 1 aromatic carbocycles. The van der Waals surface area contributed by atoms with Crippen LogP contribution in [-0.2, 0) is 14.3 Å². The quantitative estimate of drug-likeness (QED) is 0.509. The van der Waals surface area contributed by atoms with Gasteiger partial charge >= 0.3 is 6.09 Å². The van der Waals surface area contributed by atoms with Crippen LogP contribution < -0.4 is 10.6 Å². The summed E-state index contributed by atoms with van der Waals surface area (Å²) in [5, 5.41) is 15.2. The third-order valence-corrected chi connectivity index (χ3v) is 4.76. The maximum Gasteiger partial charge on any atom is 0.408 e. The lowest BCUT2D eigenvalue weighted by atomic mass is 10.0. The van der Waals surface area contributed by atoms with E-state index in [0.29, 0.717) is 5.56 Å². The van der Waals surface area contributed by atoms with E-state index in [4.69, 9.17) is 4.74 Å². The first-order valence-corrected chi connectivity index (χ1v) is 11.2. The van der Waals surface area contributed by atoms with E-state index in [-0.39, 0.29) is 25.1 Å². The highest BCUT2D eigenvalue weighted by Gasteiger charge is 2.34. The minimum absolute atomic E-state index is 0.0621. The molecule has 3 atom stereocenters. The maximum absolute atomic E-state index is 13.3. The van der Waals surface area contributed by atoms with Gasteiger partial charge in [0.05, 0.1) is 6.61 Å². The Balaban J connectivity index is 3.23. The summed E-state index contributed by atoms with van der Waals surface area (Å²) in [7, 11) is 0. The molecule has 32 heavy (non-hydrogen) atoms. The smallest absolute Gasteiger partial charge is 0.408 e. The van der Waals surface area contributed by atoms with Crippen LogP contribution in [0, 0.1) is 6.92 Å². The fourth-order valence-corrected chi connectivity index (χ4v) is 3.41. The molecule has 1 aromatic rings. The molecular formula is C24H39N3O5. The lowest BCUT2D eigenvalue weighted by Gasteiger charge is -2.34. The van der Waals surface area contributed by atoms with Crippen molar-refractivity contribution in [3.05, 3.63) is 35.4 Å². The van der Waals surface area contributed by atoms with Crippen LogP contribution in [0.15, 0.2) is 24.3 Å². The van der Waals surface area contributed by atoms with Crippen LogP contribution >= 0.6 is 0 Å². The Bertz CT molecular complexity index is 775. The van der Waals surface area contributed by atoms with Crippen molar-refractivity contribution in [2.24, 2.45) is 0 Å². The molecule has 0 spiro atoms. The van der Waals surface area contributed by atoms with Crippen LogP contribution in [0.25, 0.3) is 0 Å². The Labute approximate surface area is 191 Å². The van der Waals surface area contributed by atoms with Crippen molar-refractivity contribution in [2.75, 3.05) is 13.2 Å². The van der Waals surface area contributed by atoms with Gasteiger partial charge in [0.25, 0.3) is 0 Å². The molecule has 8 heteroatoms. The highest BCUT2D eigenvalue weighted by Crippen LogP contribution is 2.24. The first kappa shape index (κ1) is 27.4. The number of carbonyl (C=O) groups is 3. The third kappa shape index (κ3) is 8.86. The second-order valence-electron chi connectivity index (χ2n) is 9.14. The minimum atomic E-state index is -0.954. The normalized spacial score (nSPS) is 14.1. The lowest BCUT2D eigenvalue weighted by molar-refractivity contribution is -0.143. The molecular weight excluding hydrogens is 410 g/mol. The van der Waals surface area contributed by atoms with Crippen LogP contribution in [0.5, 0.6) is 0 Å². The van der Waals surface area contributed by atoms with Gasteiger partial charge in [-0.1, -0.05) is 43.2 Å². The van der Waals surface area contributed by atoms with Crippen LogP contribution in [0.1, 0.15) is 71.6 Å². The van der Waals surface area contributed by atoms with Gasteiger partial charge in [-0.15, -0.1) is 0 Å². The largest absolute Gasteiger partial charge is 0.444 e. The molecule has 3 amide bonds. The molecule has 0 saturated heterocycles. The summed E-state index contributed by atoms with van der Waals surface area (Å²) in [6.07, 6.45) is 0.985.